The molecule has 3 N–H and O–H groups in total. The number of hydrogen-bond donors (Lipinski definition) is 2. The molecular weight excluding hydrogens is 422 g/mol. The third-order valence-corrected chi connectivity index (χ3v) is 8.58. The van der Waals surface area contributed by atoms with E-state index in [0.717, 1.165) is 37.6 Å². The van der Waals surface area contributed by atoms with Gasteiger partial charge in [0, 0.05) is 13.1 Å². The number of carbonyl (C=O) groups is 2. The third-order valence-electron chi connectivity index (χ3n) is 8.58. The number of aromatic nitrogens is 2. The van der Waals surface area contributed by atoms with Gasteiger partial charge in [0.2, 0.25) is 5.91 Å². The van der Waals surface area contributed by atoms with E-state index in [1.165, 1.54) is 0 Å². The van der Waals surface area contributed by atoms with E-state index in [1.54, 1.807) is 27.7 Å². The van der Waals surface area contributed by atoms with Crippen molar-refractivity contribution in [3.63, 3.8) is 0 Å². The molecule has 2 heterocycles. The van der Waals surface area contributed by atoms with Crippen molar-refractivity contribution in [2.45, 2.75) is 50.7 Å². The minimum Gasteiger partial charge on any atom is -0.446 e. The Morgan fingerprint density at radius 1 is 1.21 bits per heavy atom. The Labute approximate surface area is 190 Å². The van der Waals surface area contributed by atoms with Crippen LogP contribution in [-0.2, 0) is 9.53 Å². The van der Waals surface area contributed by atoms with Crippen LogP contribution in [0.25, 0.3) is 11.0 Å². The molecule has 33 heavy (non-hydrogen) atoms. The van der Waals surface area contributed by atoms with Crippen LogP contribution >= 0.6 is 0 Å². The van der Waals surface area contributed by atoms with Crippen molar-refractivity contribution in [3.05, 3.63) is 34.2 Å². The van der Waals surface area contributed by atoms with Gasteiger partial charge in [0.15, 0.2) is 0 Å². The maximum Gasteiger partial charge on any atom is 0.410 e. The van der Waals surface area contributed by atoms with Crippen LogP contribution in [-0.4, -0.2) is 45.6 Å². The molecule has 3 atom stereocenters. The summed E-state index contributed by atoms with van der Waals surface area (Å²) < 4.78 is 7.74. The Balaban J connectivity index is 1.16. The predicted molar refractivity (Wildman–Crippen MR) is 118 cm³/mol. The molecule has 4 bridgehead atoms. The zero-order valence-electron chi connectivity index (χ0n) is 18.3. The number of benzene rings is 1. The predicted octanol–water partition coefficient (Wildman–Crippen LogP) is 2.26. The normalized spacial score (nSPS) is 34.5. The van der Waals surface area contributed by atoms with Crippen LogP contribution in [0.3, 0.4) is 0 Å². The Morgan fingerprint density at radius 3 is 2.67 bits per heavy atom. The van der Waals surface area contributed by atoms with Gasteiger partial charge in [-0.05, 0) is 74.5 Å². The van der Waals surface area contributed by atoms with Crippen molar-refractivity contribution in [2.75, 3.05) is 13.1 Å². The molecule has 2 aromatic rings. The Bertz CT molecular complexity index is 1240. The van der Waals surface area contributed by atoms with Gasteiger partial charge in [-0.25, -0.2) is 9.59 Å². The monoisotopic (exact) mass is 449 g/mol. The van der Waals surface area contributed by atoms with Crippen molar-refractivity contribution >= 4 is 23.0 Å². The molecule has 4 saturated carbocycles. The molecule has 1 aliphatic heterocycles. The number of nitrogens with one attached hydrogen (secondary N) is 1. The molecular formula is C24H27N5O4. The van der Waals surface area contributed by atoms with Gasteiger partial charge in [-0.2, -0.15) is 5.26 Å². The Kier molecular flexibility index (Phi) is 4.38. The number of H-pyrrole nitrogens is 1. The number of nitrogens with zero attached hydrogens (tertiary/aromatic N) is 3. The van der Waals surface area contributed by atoms with Gasteiger partial charge < -0.3 is 20.4 Å². The number of imidazole rings is 1. The number of ether oxygens (including phenoxy) is 1. The van der Waals surface area contributed by atoms with E-state index in [0.29, 0.717) is 36.5 Å². The summed E-state index contributed by atoms with van der Waals surface area (Å²) in [6, 6.07) is 7.07. The topological polar surface area (TPSA) is 134 Å². The fourth-order valence-electron chi connectivity index (χ4n) is 7.34. The minimum absolute atomic E-state index is 0.150. The minimum atomic E-state index is -0.403. The molecule has 9 nitrogen and oxygen atoms in total. The van der Waals surface area contributed by atoms with Gasteiger partial charge in [0.05, 0.1) is 34.1 Å². The standard InChI is InChI=1S/C24H27N5O4/c25-11-13-1-2-19-18(7-13)27-22(31)29(19)17-3-4-28(12-17)23(32)33-20-15-5-14-6-16(20)10-24(8-14,9-15)21(26)30/h1-2,7,14-17,20H,3-6,8-10,12H2,(H2,26,30)(H,27,31)/t14?,15?,16?,17-,20?,24?/m1/s1. The van der Waals surface area contributed by atoms with Crippen LogP contribution in [0.2, 0.25) is 0 Å². The lowest BCUT2D eigenvalue weighted by molar-refractivity contribution is -0.161. The highest BCUT2D eigenvalue weighted by Crippen LogP contribution is 2.60. The summed E-state index contributed by atoms with van der Waals surface area (Å²) in [6.45, 7) is 0.927. The van der Waals surface area contributed by atoms with E-state index in [1.807, 2.05) is 0 Å². The summed E-state index contributed by atoms with van der Waals surface area (Å²) >= 11 is 0. The number of aromatic amines is 1. The smallest absolute Gasteiger partial charge is 0.410 e. The van der Waals surface area contributed by atoms with E-state index >= 15 is 0 Å². The molecule has 0 radical (unpaired) electrons. The molecule has 0 spiro atoms. The number of fused-ring (bicyclic) bond motifs is 1. The van der Waals surface area contributed by atoms with Crippen molar-refractivity contribution in [1.82, 2.24) is 14.5 Å². The SMILES string of the molecule is N#Cc1ccc2c(c1)[nH]c(=O)n2[C@@H]1CCN(C(=O)OC2C3CC4CC2CC(C(N)=O)(C4)C3)C1. The number of nitrogens with two attached hydrogens (primary N) is 1. The summed E-state index contributed by atoms with van der Waals surface area (Å²) in [5, 5.41) is 9.10. The average Bonchev–Trinajstić information content (AvgIpc) is 3.38. The molecule has 5 aliphatic rings. The van der Waals surface area contributed by atoms with Crippen LogP contribution in [0.5, 0.6) is 0 Å². The molecule has 2 unspecified atom stereocenters. The lowest BCUT2D eigenvalue weighted by atomic mass is 9.48. The average molecular weight is 450 g/mol. The van der Waals surface area contributed by atoms with Gasteiger partial charge in [0.1, 0.15) is 6.10 Å². The number of hydrogen-bond acceptors (Lipinski definition) is 5. The van der Waals surface area contributed by atoms with E-state index in [9.17, 15) is 14.4 Å². The fourth-order valence-corrected chi connectivity index (χ4v) is 7.34. The van der Waals surface area contributed by atoms with Gasteiger partial charge in [-0.15, -0.1) is 0 Å². The van der Waals surface area contributed by atoms with Crippen LogP contribution < -0.4 is 11.4 Å². The number of amides is 2. The van der Waals surface area contributed by atoms with Crippen molar-refractivity contribution in [2.24, 2.45) is 28.9 Å². The highest BCUT2D eigenvalue weighted by molar-refractivity contribution is 5.81. The summed E-state index contributed by atoms with van der Waals surface area (Å²) in [5.41, 5.74) is 6.97. The highest BCUT2D eigenvalue weighted by atomic mass is 16.6. The van der Waals surface area contributed by atoms with E-state index in [4.69, 9.17) is 15.7 Å². The summed E-state index contributed by atoms with van der Waals surface area (Å²) in [5.74, 6) is 0.727. The molecule has 1 saturated heterocycles. The molecule has 5 fully saturated rings. The van der Waals surface area contributed by atoms with Crippen LogP contribution in [0.1, 0.15) is 50.1 Å². The molecule has 4 aliphatic carbocycles. The summed E-state index contributed by atoms with van der Waals surface area (Å²) in [4.78, 5) is 42.4. The second-order valence-corrected chi connectivity index (χ2v) is 10.5. The maximum absolute atomic E-state index is 13.1. The molecule has 172 valence electrons. The Hall–Kier alpha value is -3.28. The zero-order chi connectivity index (χ0) is 22.9. The molecule has 1 aromatic heterocycles. The largest absolute Gasteiger partial charge is 0.446 e. The summed E-state index contributed by atoms with van der Waals surface area (Å²) in [7, 11) is 0. The third kappa shape index (κ3) is 3.07. The number of rotatable bonds is 3. The Morgan fingerprint density at radius 2 is 1.97 bits per heavy atom. The first-order valence-electron chi connectivity index (χ1n) is 11.8. The fraction of sp³-hybridized carbons (Fsp3) is 0.583. The maximum atomic E-state index is 13.1. The quantitative estimate of drug-likeness (QED) is 0.741. The second kappa shape index (κ2) is 7.11. The molecule has 9 heteroatoms. The van der Waals surface area contributed by atoms with E-state index in [-0.39, 0.29) is 41.7 Å². The highest BCUT2D eigenvalue weighted by Gasteiger charge is 2.59. The number of carbonyl (C=O) groups excluding carboxylic acids is 2. The van der Waals surface area contributed by atoms with Gasteiger partial charge in [-0.3, -0.25) is 9.36 Å². The number of likely N-dealkylation sites (tertiary alicyclic amines) is 1. The van der Waals surface area contributed by atoms with Crippen LogP contribution in [0.15, 0.2) is 23.0 Å². The first-order chi connectivity index (χ1) is 15.9. The first kappa shape index (κ1) is 20.3. The van der Waals surface area contributed by atoms with Crippen molar-refractivity contribution in [3.8, 4) is 6.07 Å². The van der Waals surface area contributed by atoms with Crippen molar-refractivity contribution in [1.29, 1.82) is 5.26 Å². The molecule has 2 amide bonds. The zero-order valence-corrected chi connectivity index (χ0v) is 18.3. The summed E-state index contributed by atoms with van der Waals surface area (Å²) in [6.07, 6.45) is 4.52. The van der Waals surface area contributed by atoms with Crippen LogP contribution in [0.4, 0.5) is 4.79 Å². The number of nitriles is 1. The number of primary amides is 1. The lowest BCUT2D eigenvalue weighted by Crippen LogP contribution is -2.59. The lowest BCUT2D eigenvalue weighted by Gasteiger charge is -2.58. The van der Waals surface area contributed by atoms with Gasteiger partial charge >= 0.3 is 11.8 Å². The van der Waals surface area contributed by atoms with Crippen LogP contribution in [0, 0.1) is 34.5 Å². The van der Waals surface area contributed by atoms with Crippen molar-refractivity contribution < 1.29 is 14.3 Å². The van der Waals surface area contributed by atoms with Gasteiger partial charge in [0.25, 0.3) is 0 Å². The molecule has 1 aromatic carbocycles. The van der Waals surface area contributed by atoms with Gasteiger partial charge in [-0.1, -0.05) is 0 Å². The van der Waals surface area contributed by atoms with E-state index < -0.39 is 5.41 Å². The molecule has 7 rings (SSSR count). The first-order valence-corrected chi connectivity index (χ1v) is 11.8. The van der Waals surface area contributed by atoms with E-state index in [2.05, 4.69) is 11.1 Å². The second-order valence-electron chi connectivity index (χ2n) is 10.5.